The molecule has 0 unspecified atom stereocenters. The van der Waals surface area contributed by atoms with E-state index in [1.165, 1.54) is 0 Å². The molecule has 1 rings (SSSR count). The van der Waals surface area contributed by atoms with Crippen LogP contribution in [0.5, 0.6) is 0 Å². The second-order valence-electron chi connectivity index (χ2n) is 3.91. The van der Waals surface area contributed by atoms with Gasteiger partial charge in [-0.3, -0.25) is 9.59 Å². The first-order valence-corrected chi connectivity index (χ1v) is 7.30. The zero-order valence-electron chi connectivity index (χ0n) is 11.1. The molecule has 0 aliphatic carbocycles. The zero-order chi connectivity index (χ0) is 13.5. The maximum atomic E-state index is 12.0. The average molecular weight is 272 g/mol. The summed E-state index contributed by atoms with van der Waals surface area (Å²) in [5, 5.41) is 0. The normalized spacial score (nSPS) is 25.2. The van der Waals surface area contributed by atoms with Crippen molar-refractivity contribution in [2.45, 2.75) is 27.2 Å². The first-order valence-electron chi connectivity index (χ1n) is 6.31. The molecule has 0 bridgehead atoms. The van der Waals surface area contributed by atoms with Gasteiger partial charge in [0, 0.05) is 5.75 Å². The Balaban J connectivity index is 2.87. The number of ether oxygens (including phenoxy) is 2. The molecule has 0 aromatic carbocycles. The minimum atomic E-state index is -0.478. The van der Waals surface area contributed by atoms with Crippen LogP contribution in [0.4, 0.5) is 0 Å². The van der Waals surface area contributed by atoms with Gasteiger partial charge in [0.05, 0.1) is 19.1 Å². The highest BCUT2D eigenvalue weighted by atomic mass is 32.2. The summed E-state index contributed by atoms with van der Waals surface area (Å²) in [5.41, 5.74) is 0. The number of hydrogen-bond donors (Lipinski definition) is 0. The molecule has 0 radical (unpaired) electrons. The predicted octanol–water partition coefficient (Wildman–Crippen LogP) is 2.39. The summed E-state index contributed by atoms with van der Waals surface area (Å²) >= 11 is 1.55. The third kappa shape index (κ3) is 3.51. The van der Waals surface area contributed by atoms with Gasteiger partial charge in [-0.05, 0) is 25.2 Å². The largest absolute Gasteiger partial charge is 0.466 e. The Hall–Kier alpha value is -0.970. The standard InChI is InChI=1S/C13H20O4S/c1-4-7-10-11(13(15)17-6-3)9(8-18-10)12(14)16-5-2/h7,9,11H,4-6,8H2,1-3H3/b10-7-/t9-,11+/m1/s1. The first-order chi connectivity index (χ1) is 8.65. The predicted molar refractivity (Wildman–Crippen MR) is 71.1 cm³/mol. The van der Waals surface area contributed by atoms with Gasteiger partial charge in [-0.25, -0.2) is 0 Å². The summed E-state index contributed by atoms with van der Waals surface area (Å²) < 4.78 is 10.1. The maximum Gasteiger partial charge on any atom is 0.314 e. The molecule has 18 heavy (non-hydrogen) atoms. The number of carbonyl (C=O) groups excluding carboxylic acids is 2. The zero-order valence-corrected chi connectivity index (χ0v) is 11.9. The lowest BCUT2D eigenvalue weighted by Crippen LogP contribution is -2.30. The van der Waals surface area contributed by atoms with Gasteiger partial charge < -0.3 is 9.47 Å². The fourth-order valence-electron chi connectivity index (χ4n) is 1.92. The number of carbonyl (C=O) groups is 2. The molecule has 0 spiro atoms. The van der Waals surface area contributed by atoms with Crippen molar-refractivity contribution in [1.29, 1.82) is 0 Å². The van der Waals surface area contributed by atoms with Crippen molar-refractivity contribution in [3.8, 4) is 0 Å². The molecule has 1 aliphatic rings. The third-order valence-electron chi connectivity index (χ3n) is 2.67. The van der Waals surface area contributed by atoms with E-state index in [1.807, 2.05) is 13.0 Å². The highest BCUT2D eigenvalue weighted by Gasteiger charge is 2.43. The van der Waals surface area contributed by atoms with Crippen LogP contribution in [0.25, 0.3) is 0 Å². The fourth-order valence-corrected chi connectivity index (χ4v) is 3.35. The molecule has 0 aromatic rings. The lowest BCUT2D eigenvalue weighted by atomic mass is 9.93. The van der Waals surface area contributed by atoms with Crippen LogP contribution in [-0.4, -0.2) is 30.9 Å². The molecule has 4 nitrogen and oxygen atoms in total. The fraction of sp³-hybridized carbons (Fsp3) is 0.692. The summed E-state index contributed by atoms with van der Waals surface area (Å²) in [7, 11) is 0. The molecule has 2 atom stereocenters. The van der Waals surface area contributed by atoms with Gasteiger partial charge in [0.1, 0.15) is 5.92 Å². The molecule has 1 aliphatic heterocycles. The van der Waals surface area contributed by atoms with E-state index in [1.54, 1.807) is 25.6 Å². The maximum absolute atomic E-state index is 12.0. The quantitative estimate of drug-likeness (QED) is 0.719. The first kappa shape index (κ1) is 15.1. The van der Waals surface area contributed by atoms with Gasteiger partial charge in [-0.1, -0.05) is 13.0 Å². The van der Waals surface area contributed by atoms with Gasteiger partial charge in [0.25, 0.3) is 0 Å². The van der Waals surface area contributed by atoms with E-state index < -0.39 is 11.8 Å². The Morgan fingerprint density at radius 2 is 1.83 bits per heavy atom. The van der Waals surface area contributed by atoms with Crippen LogP contribution in [-0.2, 0) is 19.1 Å². The summed E-state index contributed by atoms with van der Waals surface area (Å²) in [6.45, 7) is 6.20. The van der Waals surface area contributed by atoms with Crippen molar-refractivity contribution in [2.75, 3.05) is 19.0 Å². The molecule has 0 saturated carbocycles. The second-order valence-corrected chi connectivity index (χ2v) is 5.01. The molecule has 1 saturated heterocycles. The van der Waals surface area contributed by atoms with Gasteiger partial charge in [0.2, 0.25) is 0 Å². The minimum absolute atomic E-state index is 0.303. The van der Waals surface area contributed by atoms with E-state index in [-0.39, 0.29) is 11.9 Å². The molecule has 0 N–H and O–H groups in total. The lowest BCUT2D eigenvalue weighted by Gasteiger charge is -2.16. The Kier molecular flexibility index (Phi) is 6.25. The molecule has 1 fully saturated rings. The van der Waals surface area contributed by atoms with Gasteiger partial charge >= 0.3 is 11.9 Å². The number of rotatable bonds is 5. The van der Waals surface area contributed by atoms with E-state index in [0.717, 1.165) is 11.3 Å². The van der Waals surface area contributed by atoms with E-state index >= 15 is 0 Å². The molecule has 5 heteroatoms. The Morgan fingerprint density at radius 1 is 1.22 bits per heavy atom. The number of thioether (sulfide) groups is 1. The van der Waals surface area contributed by atoms with Gasteiger partial charge in [-0.15, -0.1) is 11.8 Å². The van der Waals surface area contributed by atoms with Gasteiger partial charge in [-0.2, -0.15) is 0 Å². The van der Waals surface area contributed by atoms with Crippen LogP contribution in [0.15, 0.2) is 11.0 Å². The Morgan fingerprint density at radius 3 is 2.39 bits per heavy atom. The van der Waals surface area contributed by atoms with Crippen LogP contribution >= 0.6 is 11.8 Å². The molecule has 0 amide bonds. The van der Waals surface area contributed by atoms with Crippen LogP contribution in [0.3, 0.4) is 0 Å². The summed E-state index contributed by atoms with van der Waals surface area (Å²) in [5.74, 6) is -0.919. The second kappa shape index (κ2) is 7.46. The van der Waals surface area contributed by atoms with Crippen molar-refractivity contribution < 1.29 is 19.1 Å². The highest BCUT2D eigenvalue weighted by Crippen LogP contribution is 2.42. The Labute approximate surface area is 112 Å². The topological polar surface area (TPSA) is 52.6 Å². The number of esters is 2. The Bertz CT molecular complexity index is 338. The van der Waals surface area contributed by atoms with Crippen molar-refractivity contribution in [1.82, 2.24) is 0 Å². The van der Waals surface area contributed by atoms with Crippen LogP contribution in [0, 0.1) is 11.8 Å². The third-order valence-corrected chi connectivity index (χ3v) is 3.95. The van der Waals surface area contributed by atoms with E-state index in [9.17, 15) is 9.59 Å². The van der Waals surface area contributed by atoms with E-state index in [4.69, 9.17) is 9.47 Å². The molecular weight excluding hydrogens is 252 g/mol. The van der Waals surface area contributed by atoms with E-state index in [0.29, 0.717) is 19.0 Å². The van der Waals surface area contributed by atoms with Crippen molar-refractivity contribution in [3.63, 3.8) is 0 Å². The smallest absolute Gasteiger partial charge is 0.314 e. The molecule has 1 heterocycles. The summed E-state index contributed by atoms with van der Waals surface area (Å²) in [6.07, 6.45) is 2.83. The van der Waals surface area contributed by atoms with Crippen molar-refractivity contribution in [2.24, 2.45) is 11.8 Å². The average Bonchev–Trinajstić information content (AvgIpc) is 2.74. The van der Waals surface area contributed by atoms with Crippen molar-refractivity contribution in [3.05, 3.63) is 11.0 Å². The van der Waals surface area contributed by atoms with E-state index in [2.05, 4.69) is 0 Å². The van der Waals surface area contributed by atoms with Crippen LogP contribution in [0.2, 0.25) is 0 Å². The highest BCUT2D eigenvalue weighted by molar-refractivity contribution is 8.03. The molecule has 0 aromatic heterocycles. The van der Waals surface area contributed by atoms with Gasteiger partial charge in [0.15, 0.2) is 0 Å². The summed E-state index contributed by atoms with van der Waals surface area (Å²) in [6, 6.07) is 0. The monoisotopic (exact) mass is 272 g/mol. The van der Waals surface area contributed by atoms with Crippen LogP contribution < -0.4 is 0 Å². The minimum Gasteiger partial charge on any atom is -0.466 e. The SMILES string of the molecule is CC/C=C1\SC[C@@H](C(=O)OCC)[C@@H]1C(=O)OCC. The number of hydrogen-bond acceptors (Lipinski definition) is 5. The van der Waals surface area contributed by atoms with Crippen molar-refractivity contribution >= 4 is 23.7 Å². The number of allylic oxidation sites excluding steroid dienone is 1. The summed E-state index contributed by atoms with van der Waals surface area (Å²) in [4.78, 5) is 24.7. The van der Waals surface area contributed by atoms with Crippen LogP contribution in [0.1, 0.15) is 27.2 Å². The lowest BCUT2D eigenvalue weighted by molar-refractivity contribution is -0.157. The molecule has 102 valence electrons. The molecular formula is C13H20O4S.